The molecule has 6 rings (SSSR count). The number of hydrogen-bond donors (Lipinski definition) is 3. The van der Waals surface area contributed by atoms with Crippen LogP contribution in [0.15, 0.2) is 17.3 Å². The summed E-state index contributed by atoms with van der Waals surface area (Å²) in [5, 5.41) is 13.0. The molecule has 4 atom stereocenters. The number of hydrogen-bond acceptors (Lipinski definition) is 8. The van der Waals surface area contributed by atoms with Gasteiger partial charge >= 0.3 is 0 Å². The van der Waals surface area contributed by atoms with Crippen molar-refractivity contribution in [1.82, 2.24) is 20.9 Å². The largest absolute Gasteiger partial charge is 0.489 e. The van der Waals surface area contributed by atoms with E-state index < -0.39 is 58.5 Å². The fourth-order valence-corrected chi connectivity index (χ4v) is 8.45. The number of benzene rings is 1. The predicted octanol–water partition coefficient (Wildman–Crippen LogP) is 5.37. The average molecular weight is 772 g/mol. The number of oxime groups is 1. The molecule has 0 aromatic heterocycles. The predicted molar refractivity (Wildman–Crippen MR) is 200 cm³/mol. The summed E-state index contributed by atoms with van der Waals surface area (Å²) in [5.74, 6) is -2.96. The van der Waals surface area contributed by atoms with Gasteiger partial charge in [-0.2, -0.15) is 0 Å². The summed E-state index contributed by atoms with van der Waals surface area (Å²) in [6, 6.07) is -0.373. The van der Waals surface area contributed by atoms with Crippen LogP contribution in [0, 0.1) is 23.1 Å². The maximum atomic E-state index is 15.0. The van der Waals surface area contributed by atoms with Crippen molar-refractivity contribution in [3.63, 3.8) is 0 Å². The molecule has 2 heterocycles. The normalized spacial score (nSPS) is 24.2. The molecule has 14 heteroatoms. The van der Waals surface area contributed by atoms with Crippen LogP contribution in [-0.4, -0.2) is 82.9 Å². The topological polar surface area (TPSA) is 156 Å². The fourth-order valence-electron chi connectivity index (χ4n) is 8.18. The van der Waals surface area contributed by atoms with E-state index in [1.807, 2.05) is 20.8 Å². The van der Waals surface area contributed by atoms with Crippen LogP contribution in [0.2, 0.25) is 5.02 Å². The van der Waals surface area contributed by atoms with Gasteiger partial charge in [0.2, 0.25) is 23.5 Å². The van der Waals surface area contributed by atoms with E-state index in [9.17, 15) is 24.0 Å². The molecule has 12 nitrogen and oxygen atoms in total. The zero-order valence-corrected chi connectivity index (χ0v) is 32.7. The Morgan fingerprint density at radius 2 is 1.72 bits per heavy atom. The standard InChI is InChI=1S/C40H55ClFN5O7/c1-5-53-34-27(41)18-25(19-28(34)42)30-20-40(54-46-30)21-31(36(50)44-29(16-23-12-9-13-23)33(49)37(51)43-26-14-15-26)47(22-40)38(52)35(39(2,3)4)45-32(48)17-24-10-7-6-8-11-24/h18-19,23-24,26,29,31,35H,5-17,20-22H2,1-4H3,(H,43,51)(H,44,50)(H,45,48)/t29?,31-,35+,40+/m0/s1. The molecule has 1 saturated heterocycles. The molecule has 296 valence electrons. The van der Waals surface area contributed by atoms with E-state index in [2.05, 4.69) is 21.1 Å². The highest BCUT2D eigenvalue weighted by Gasteiger charge is 2.56. The lowest BCUT2D eigenvalue weighted by Crippen LogP contribution is -2.59. The SMILES string of the molecule is CCOc1c(F)cc(C2=NO[C@]3(C2)C[C@@H](C(=O)NC(CC2CCC2)C(=O)C(=O)NC2CC2)N(C(=O)[C@@H](NC(=O)CC2CCCCC2)C(C)(C)C)C3)cc1Cl. The number of ether oxygens (including phenoxy) is 1. The first kappa shape index (κ1) is 39.9. The fraction of sp³-hybridized carbons (Fsp3) is 0.700. The Hall–Kier alpha value is -3.74. The monoisotopic (exact) mass is 771 g/mol. The first-order valence-electron chi connectivity index (χ1n) is 19.8. The molecule has 4 amide bonds. The van der Waals surface area contributed by atoms with E-state index in [4.69, 9.17) is 21.2 Å². The van der Waals surface area contributed by atoms with E-state index in [1.165, 1.54) is 11.0 Å². The number of Topliss-reactive ketones (excluding diaryl/α,β-unsaturated/α-hetero) is 1. The zero-order valence-electron chi connectivity index (χ0n) is 31.9. The Labute approximate surface area is 322 Å². The maximum absolute atomic E-state index is 15.0. The second-order valence-electron chi connectivity index (χ2n) is 17.2. The van der Waals surface area contributed by atoms with Gasteiger partial charge in [0.1, 0.15) is 12.1 Å². The van der Waals surface area contributed by atoms with E-state index in [-0.39, 0.29) is 60.6 Å². The van der Waals surface area contributed by atoms with Gasteiger partial charge in [-0.05, 0) is 68.4 Å². The summed E-state index contributed by atoms with van der Waals surface area (Å²) >= 11 is 6.37. The zero-order chi connectivity index (χ0) is 38.8. The van der Waals surface area contributed by atoms with Crippen molar-refractivity contribution in [2.24, 2.45) is 22.4 Å². The summed E-state index contributed by atoms with van der Waals surface area (Å²) in [7, 11) is 0. The minimum Gasteiger partial charge on any atom is -0.489 e. The minimum absolute atomic E-state index is 0.0102. The molecule has 1 spiro atoms. The Balaban J connectivity index is 1.25. The molecular formula is C40H55ClFN5O7. The van der Waals surface area contributed by atoms with Crippen LogP contribution in [0.3, 0.4) is 0 Å². The van der Waals surface area contributed by atoms with Crippen molar-refractivity contribution in [3.05, 3.63) is 28.5 Å². The molecular weight excluding hydrogens is 717 g/mol. The van der Waals surface area contributed by atoms with Crippen molar-refractivity contribution in [2.45, 2.75) is 147 Å². The third kappa shape index (κ3) is 9.37. The highest BCUT2D eigenvalue weighted by Crippen LogP contribution is 2.41. The molecule has 0 radical (unpaired) electrons. The molecule has 0 bridgehead atoms. The Morgan fingerprint density at radius 1 is 1.02 bits per heavy atom. The van der Waals surface area contributed by atoms with E-state index >= 15 is 4.39 Å². The third-order valence-corrected chi connectivity index (χ3v) is 11.9. The summed E-state index contributed by atoms with van der Waals surface area (Å²) in [6.45, 7) is 7.48. The van der Waals surface area contributed by atoms with Crippen molar-refractivity contribution >= 4 is 46.7 Å². The van der Waals surface area contributed by atoms with Crippen LogP contribution in [0.4, 0.5) is 4.39 Å². The molecule has 2 aliphatic heterocycles. The van der Waals surface area contributed by atoms with E-state index in [1.54, 1.807) is 13.0 Å². The number of nitrogens with one attached hydrogen (secondary N) is 3. The van der Waals surface area contributed by atoms with Crippen molar-refractivity contribution in [3.8, 4) is 5.75 Å². The first-order chi connectivity index (χ1) is 25.7. The summed E-state index contributed by atoms with van der Waals surface area (Å²) < 4.78 is 20.4. The van der Waals surface area contributed by atoms with Crippen molar-refractivity contribution in [1.29, 1.82) is 0 Å². The molecule has 1 aromatic carbocycles. The van der Waals surface area contributed by atoms with Crippen molar-refractivity contribution in [2.75, 3.05) is 13.2 Å². The number of carbonyl (C=O) groups excluding carboxylic acids is 5. The first-order valence-corrected chi connectivity index (χ1v) is 20.2. The lowest BCUT2D eigenvalue weighted by atomic mass is 9.80. The lowest BCUT2D eigenvalue weighted by Gasteiger charge is -2.36. The lowest BCUT2D eigenvalue weighted by molar-refractivity contribution is -0.145. The van der Waals surface area contributed by atoms with Crippen molar-refractivity contribution < 1.29 is 37.9 Å². The quantitative estimate of drug-likeness (QED) is 0.215. The number of nitrogens with zero attached hydrogens (tertiary/aromatic N) is 2. The highest BCUT2D eigenvalue weighted by atomic mass is 35.5. The van der Waals surface area contributed by atoms with Gasteiger partial charge in [-0.3, -0.25) is 24.0 Å². The Kier molecular flexibility index (Phi) is 12.2. The van der Waals surface area contributed by atoms with Crippen LogP contribution < -0.4 is 20.7 Å². The second kappa shape index (κ2) is 16.5. The Morgan fingerprint density at radius 3 is 2.33 bits per heavy atom. The second-order valence-corrected chi connectivity index (χ2v) is 17.6. The van der Waals surface area contributed by atoms with Crippen LogP contribution in [-0.2, 0) is 28.8 Å². The number of carbonyl (C=O) groups is 5. The molecule has 5 aliphatic rings. The molecule has 1 aromatic rings. The van der Waals surface area contributed by atoms with Crippen LogP contribution >= 0.6 is 11.6 Å². The van der Waals surface area contributed by atoms with Gasteiger partial charge in [-0.1, -0.05) is 76.1 Å². The number of likely N-dealkylation sites (tertiary alicyclic amines) is 1. The van der Waals surface area contributed by atoms with E-state index in [0.717, 1.165) is 64.2 Å². The van der Waals surface area contributed by atoms with Crippen LogP contribution in [0.25, 0.3) is 0 Å². The number of rotatable bonds is 14. The molecule has 1 unspecified atom stereocenters. The number of amides is 4. The molecule has 3 aliphatic carbocycles. The summed E-state index contributed by atoms with van der Waals surface area (Å²) in [4.78, 5) is 76.5. The minimum atomic E-state index is -1.17. The smallest absolute Gasteiger partial charge is 0.289 e. The van der Waals surface area contributed by atoms with Gasteiger partial charge in [0, 0.05) is 30.9 Å². The van der Waals surface area contributed by atoms with Gasteiger partial charge in [-0.15, -0.1) is 0 Å². The summed E-state index contributed by atoms with van der Waals surface area (Å²) in [6.07, 6.45) is 10.5. The van der Waals surface area contributed by atoms with Gasteiger partial charge < -0.3 is 30.4 Å². The van der Waals surface area contributed by atoms with Crippen LogP contribution in [0.1, 0.15) is 123 Å². The van der Waals surface area contributed by atoms with Gasteiger partial charge in [0.15, 0.2) is 17.2 Å². The maximum Gasteiger partial charge on any atom is 0.289 e. The molecule has 3 saturated carbocycles. The third-order valence-electron chi connectivity index (χ3n) is 11.6. The van der Waals surface area contributed by atoms with E-state index in [0.29, 0.717) is 24.1 Å². The number of ketones is 1. The molecule has 3 N–H and O–H groups in total. The Bertz CT molecular complexity index is 1630. The van der Waals surface area contributed by atoms with Gasteiger partial charge in [0.25, 0.3) is 5.91 Å². The molecule has 54 heavy (non-hydrogen) atoms. The summed E-state index contributed by atoms with van der Waals surface area (Å²) in [5.41, 5.74) is -1.14. The van der Waals surface area contributed by atoms with Crippen LogP contribution in [0.5, 0.6) is 5.75 Å². The molecule has 4 fully saturated rings. The van der Waals surface area contributed by atoms with Gasteiger partial charge in [-0.25, -0.2) is 4.39 Å². The average Bonchev–Trinajstić information content (AvgIpc) is 3.70. The highest BCUT2D eigenvalue weighted by molar-refractivity contribution is 6.38. The number of halogens is 2. The van der Waals surface area contributed by atoms with Gasteiger partial charge in [0.05, 0.1) is 29.9 Å².